The molecule has 0 spiro atoms. The van der Waals surface area contributed by atoms with Crippen LogP contribution in [0.3, 0.4) is 0 Å². The third-order valence-electron chi connectivity index (χ3n) is 3.06. The van der Waals surface area contributed by atoms with Crippen LogP contribution in [0.1, 0.15) is 33.1 Å². The molecule has 1 N–H and O–H groups in total. The molecule has 1 aliphatic heterocycles. The van der Waals surface area contributed by atoms with Gasteiger partial charge in [-0.2, -0.15) is 0 Å². The van der Waals surface area contributed by atoms with Gasteiger partial charge in [0.15, 0.2) is 11.5 Å². The Hall–Kier alpha value is -1.44. The van der Waals surface area contributed by atoms with Crippen LogP contribution in [0.5, 0.6) is 0 Å². The van der Waals surface area contributed by atoms with Crippen LogP contribution in [-0.4, -0.2) is 49.1 Å². The first-order valence-electron chi connectivity index (χ1n) is 8.00. The minimum absolute atomic E-state index is 0.0359. The molecule has 0 aromatic heterocycles. The van der Waals surface area contributed by atoms with E-state index < -0.39 is 0 Å². The number of ether oxygens (including phenoxy) is 2. The molecule has 24 heavy (non-hydrogen) atoms. The van der Waals surface area contributed by atoms with Crippen molar-refractivity contribution >= 4 is 28.5 Å². The highest BCUT2D eigenvalue weighted by Crippen LogP contribution is 2.13. The fourth-order valence-corrected chi connectivity index (χ4v) is 2.79. The number of thioether (sulfide) groups is 1. The molecule has 0 bridgehead atoms. The van der Waals surface area contributed by atoms with Crippen molar-refractivity contribution < 1.29 is 14.3 Å². The van der Waals surface area contributed by atoms with Crippen LogP contribution in [0.4, 0.5) is 0 Å². The quantitative estimate of drug-likeness (QED) is 0.564. The molecule has 1 aliphatic rings. The minimum atomic E-state index is -0.275. The van der Waals surface area contributed by atoms with Crippen LogP contribution in [-0.2, 0) is 14.3 Å². The van der Waals surface area contributed by atoms with E-state index in [-0.39, 0.29) is 18.8 Å². The SMILES string of the molecule is C=CN=C(C=C(C)C)CSC(=NC)NC(=O)COC1CCCCO1. The topological polar surface area (TPSA) is 72.3 Å². The molecular formula is C17H27N3O3S. The lowest BCUT2D eigenvalue weighted by atomic mass is 10.2. The second kappa shape index (κ2) is 12.0. The van der Waals surface area contributed by atoms with Crippen molar-refractivity contribution in [1.82, 2.24) is 5.32 Å². The van der Waals surface area contributed by atoms with Crippen molar-refractivity contribution in [2.75, 3.05) is 26.0 Å². The highest BCUT2D eigenvalue weighted by molar-refractivity contribution is 8.14. The molecule has 1 unspecified atom stereocenters. The first kappa shape index (κ1) is 20.6. The van der Waals surface area contributed by atoms with Crippen molar-refractivity contribution in [1.29, 1.82) is 0 Å². The van der Waals surface area contributed by atoms with Crippen molar-refractivity contribution in [2.24, 2.45) is 9.98 Å². The standard InChI is InChI=1S/C17H27N3O3S/c1-5-19-14(10-13(2)3)12-24-17(18-4)20-15(21)11-23-16-8-6-7-9-22-16/h5,10,16H,1,6-9,11-12H2,2-4H3,(H,18,20,21). The van der Waals surface area contributed by atoms with Gasteiger partial charge in [0, 0.05) is 25.6 Å². The first-order chi connectivity index (χ1) is 11.5. The summed E-state index contributed by atoms with van der Waals surface area (Å²) >= 11 is 1.41. The zero-order valence-electron chi connectivity index (χ0n) is 14.7. The van der Waals surface area contributed by atoms with Gasteiger partial charge in [-0.1, -0.05) is 23.9 Å². The molecule has 1 rings (SSSR count). The first-order valence-corrected chi connectivity index (χ1v) is 8.98. The van der Waals surface area contributed by atoms with E-state index >= 15 is 0 Å². The normalized spacial score (nSPS) is 18.9. The number of aliphatic imine (C=N–C) groups is 2. The summed E-state index contributed by atoms with van der Waals surface area (Å²) in [6.07, 6.45) is 6.17. The summed E-state index contributed by atoms with van der Waals surface area (Å²) in [6, 6.07) is 0. The third kappa shape index (κ3) is 9.00. The number of amidine groups is 1. The molecule has 0 aromatic carbocycles. The molecule has 1 atom stereocenters. The molecule has 7 heteroatoms. The molecule has 6 nitrogen and oxygen atoms in total. The molecule has 1 saturated heterocycles. The highest BCUT2D eigenvalue weighted by Gasteiger charge is 2.16. The van der Waals surface area contributed by atoms with Crippen molar-refractivity contribution in [3.05, 3.63) is 24.4 Å². The minimum Gasteiger partial charge on any atom is -0.353 e. The zero-order valence-corrected chi connectivity index (χ0v) is 15.5. The van der Waals surface area contributed by atoms with Gasteiger partial charge in [-0.25, -0.2) is 0 Å². The van der Waals surface area contributed by atoms with Gasteiger partial charge in [-0.3, -0.25) is 14.8 Å². The maximum Gasteiger partial charge on any atom is 0.252 e. The number of amides is 1. The summed E-state index contributed by atoms with van der Waals surface area (Å²) in [5, 5.41) is 3.28. The number of nitrogens with zero attached hydrogens (tertiary/aromatic N) is 2. The lowest BCUT2D eigenvalue weighted by molar-refractivity contribution is -0.169. The average molecular weight is 353 g/mol. The highest BCUT2D eigenvalue weighted by atomic mass is 32.2. The zero-order chi connectivity index (χ0) is 17.8. The van der Waals surface area contributed by atoms with Crippen LogP contribution in [0.25, 0.3) is 0 Å². The van der Waals surface area contributed by atoms with Crippen LogP contribution in [0.15, 0.2) is 34.4 Å². The lowest BCUT2D eigenvalue weighted by Crippen LogP contribution is -2.34. The molecule has 0 radical (unpaired) electrons. The Bertz CT molecular complexity index is 505. The smallest absolute Gasteiger partial charge is 0.252 e. The van der Waals surface area contributed by atoms with E-state index in [0.717, 1.165) is 30.5 Å². The Balaban J connectivity index is 2.40. The second-order valence-corrected chi connectivity index (χ2v) is 6.46. The molecule has 1 fully saturated rings. The Morgan fingerprint density at radius 2 is 2.25 bits per heavy atom. The largest absolute Gasteiger partial charge is 0.353 e. The Morgan fingerprint density at radius 3 is 2.83 bits per heavy atom. The van der Waals surface area contributed by atoms with Crippen molar-refractivity contribution in [3.63, 3.8) is 0 Å². The van der Waals surface area contributed by atoms with Gasteiger partial charge in [0.25, 0.3) is 5.91 Å². The van der Waals surface area contributed by atoms with Gasteiger partial charge < -0.3 is 14.8 Å². The van der Waals surface area contributed by atoms with E-state index in [4.69, 9.17) is 9.47 Å². The predicted molar refractivity (Wildman–Crippen MR) is 101 cm³/mol. The number of nitrogens with one attached hydrogen (secondary N) is 1. The fourth-order valence-electron chi connectivity index (χ4n) is 2.03. The van der Waals surface area contributed by atoms with E-state index in [0.29, 0.717) is 17.5 Å². The molecular weight excluding hydrogens is 326 g/mol. The van der Waals surface area contributed by atoms with Crippen LogP contribution < -0.4 is 5.32 Å². The number of hydrogen-bond donors (Lipinski definition) is 1. The number of carbonyl (C=O) groups excluding carboxylic acids is 1. The maximum atomic E-state index is 12.0. The van der Waals surface area contributed by atoms with Crippen LogP contribution in [0, 0.1) is 0 Å². The predicted octanol–water partition coefficient (Wildman–Crippen LogP) is 2.92. The summed E-state index contributed by atoms with van der Waals surface area (Å²) in [4.78, 5) is 20.3. The van der Waals surface area contributed by atoms with Crippen molar-refractivity contribution in [3.8, 4) is 0 Å². The van der Waals surface area contributed by atoms with Gasteiger partial charge in [0.1, 0.15) is 6.61 Å². The number of carbonyl (C=O) groups is 1. The monoisotopic (exact) mass is 353 g/mol. The summed E-state index contributed by atoms with van der Waals surface area (Å²) in [5.74, 6) is 0.359. The van der Waals surface area contributed by atoms with Crippen LogP contribution in [0.2, 0.25) is 0 Å². The van der Waals surface area contributed by atoms with Gasteiger partial charge in [-0.05, 0) is 39.2 Å². The summed E-state index contributed by atoms with van der Waals surface area (Å²) in [7, 11) is 1.64. The fraction of sp³-hybridized carbons (Fsp3) is 0.588. The Morgan fingerprint density at radius 1 is 1.46 bits per heavy atom. The molecule has 134 valence electrons. The number of rotatable bonds is 7. The Kier molecular flexibility index (Phi) is 10.3. The van der Waals surface area contributed by atoms with Gasteiger partial charge >= 0.3 is 0 Å². The molecule has 0 aliphatic carbocycles. The number of allylic oxidation sites excluding steroid dienone is 2. The number of hydrogen-bond acceptors (Lipinski definition) is 6. The van der Waals surface area contributed by atoms with E-state index in [1.54, 1.807) is 7.05 Å². The molecule has 0 aromatic rings. The summed E-state index contributed by atoms with van der Waals surface area (Å²) < 4.78 is 10.9. The molecule has 1 heterocycles. The maximum absolute atomic E-state index is 12.0. The van der Waals surface area contributed by atoms with E-state index in [2.05, 4.69) is 21.9 Å². The van der Waals surface area contributed by atoms with Gasteiger partial charge in [-0.15, -0.1) is 0 Å². The summed E-state index contributed by atoms with van der Waals surface area (Å²) in [5.41, 5.74) is 2.02. The second-order valence-electron chi connectivity index (χ2n) is 5.50. The molecule has 1 amide bonds. The lowest BCUT2D eigenvalue weighted by Gasteiger charge is -2.22. The average Bonchev–Trinajstić information content (AvgIpc) is 2.57. The van der Waals surface area contributed by atoms with Crippen molar-refractivity contribution in [2.45, 2.75) is 39.4 Å². The van der Waals surface area contributed by atoms with Crippen LogP contribution >= 0.6 is 11.8 Å². The summed E-state index contributed by atoms with van der Waals surface area (Å²) in [6.45, 7) is 8.28. The van der Waals surface area contributed by atoms with E-state index in [1.807, 2.05) is 19.9 Å². The Labute approximate surface area is 148 Å². The van der Waals surface area contributed by atoms with E-state index in [1.165, 1.54) is 18.0 Å². The third-order valence-corrected chi connectivity index (χ3v) is 4.06. The van der Waals surface area contributed by atoms with E-state index in [9.17, 15) is 4.79 Å². The van der Waals surface area contributed by atoms with Gasteiger partial charge in [0.05, 0.1) is 5.71 Å². The van der Waals surface area contributed by atoms with Gasteiger partial charge in [0.2, 0.25) is 0 Å². The molecule has 0 saturated carbocycles.